The van der Waals surface area contributed by atoms with Crippen LogP contribution in [0.25, 0.3) is 11.5 Å². The largest absolute Gasteiger partial charge is 0.444 e. The van der Waals surface area contributed by atoms with Crippen molar-refractivity contribution in [1.29, 1.82) is 0 Å². The Morgan fingerprint density at radius 3 is 2.69 bits per heavy atom. The summed E-state index contributed by atoms with van der Waals surface area (Å²) in [6, 6.07) is 7.19. The van der Waals surface area contributed by atoms with E-state index in [-0.39, 0.29) is 5.78 Å². The molecule has 0 aliphatic heterocycles. The third kappa shape index (κ3) is 2.49. The van der Waals surface area contributed by atoms with E-state index in [0.29, 0.717) is 23.0 Å². The van der Waals surface area contributed by atoms with E-state index in [2.05, 4.69) is 4.98 Å². The maximum Gasteiger partial charge on any atom is 0.226 e. The van der Waals surface area contributed by atoms with Gasteiger partial charge in [0, 0.05) is 10.6 Å². The number of Topliss-reactive ketones (excluding diaryl/α,β-unsaturated/α-hetero) is 1. The molecule has 0 aliphatic carbocycles. The summed E-state index contributed by atoms with van der Waals surface area (Å²) in [5.74, 6) is 0.573. The Bertz CT molecular complexity index is 502. The molecule has 1 heterocycles. The van der Waals surface area contributed by atoms with E-state index >= 15 is 0 Å². The van der Waals surface area contributed by atoms with Crippen LogP contribution in [0.3, 0.4) is 0 Å². The summed E-state index contributed by atoms with van der Waals surface area (Å²) in [6.07, 6.45) is 1.81. The third-order valence-corrected chi connectivity index (χ3v) is 2.32. The Balaban J connectivity index is 2.24. The van der Waals surface area contributed by atoms with Gasteiger partial charge in [0.15, 0.2) is 0 Å². The summed E-state index contributed by atoms with van der Waals surface area (Å²) < 4.78 is 5.29. The van der Waals surface area contributed by atoms with Gasteiger partial charge in [0.2, 0.25) is 5.89 Å². The molecule has 0 fully saturated rings. The van der Waals surface area contributed by atoms with Crippen molar-refractivity contribution in [2.24, 2.45) is 0 Å². The van der Waals surface area contributed by atoms with E-state index in [4.69, 9.17) is 16.0 Å². The molecule has 0 unspecified atom stereocenters. The topological polar surface area (TPSA) is 43.1 Å². The Morgan fingerprint density at radius 2 is 2.06 bits per heavy atom. The van der Waals surface area contributed by atoms with E-state index in [9.17, 15) is 4.79 Å². The molecule has 0 aliphatic rings. The summed E-state index contributed by atoms with van der Waals surface area (Å²) in [7, 11) is 0. The van der Waals surface area contributed by atoms with Gasteiger partial charge in [-0.15, -0.1) is 0 Å². The van der Waals surface area contributed by atoms with Gasteiger partial charge >= 0.3 is 0 Å². The van der Waals surface area contributed by atoms with Gasteiger partial charge in [0.25, 0.3) is 0 Å². The van der Waals surface area contributed by atoms with Gasteiger partial charge in [-0.3, -0.25) is 4.79 Å². The van der Waals surface area contributed by atoms with Crippen LogP contribution in [0.15, 0.2) is 34.9 Å². The molecule has 0 radical (unpaired) electrons. The highest BCUT2D eigenvalue weighted by molar-refractivity contribution is 6.30. The fourth-order valence-corrected chi connectivity index (χ4v) is 1.49. The van der Waals surface area contributed by atoms with Gasteiger partial charge < -0.3 is 4.42 Å². The summed E-state index contributed by atoms with van der Waals surface area (Å²) in [5.41, 5.74) is 1.50. The predicted molar refractivity (Wildman–Crippen MR) is 61.3 cm³/mol. The lowest BCUT2D eigenvalue weighted by atomic mass is 10.2. The van der Waals surface area contributed by atoms with Crippen LogP contribution in [0, 0.1) is 0 Å². The molecule has 4 heteroatoms. The Morgan fingerprint density at radius 1 is 1.38 bits per heavy atom. The summed E-state index contributed by atoms with van der Waals surface area (Å²) in [5, 5.41) is 0.666. The first-order valence-corrected chi connectivity index (χ1v) is 5.23. The SMILES string of the molecule is CC(=O)Cc1coc(-c2ccc(Cl)cc2)n1. The highest BCUT2D eigenvalue weighted by Gasteiger charge is 2.07. The average molecular weight is 236 g/mol. The molecule has 1 aromatic heterocycles. The smallest absolute Gasteiger partial charge is 0.226 e. The maximum atomic E-state index is 10.9. The lowest BCUT2D eigenvalue weighted by Gasteiger charge is -1.94. The highest BCUT2D eigenvalue weighted by atomic mass is 35.5. The third-order valence-electron chi connectivity index (χ3n) is 2.07. The molecular formula is C12H10ClNO2. The van der Waals surface area contributed by atoms with Crippen LogP contribution >= 0.6 is 11.6 Å². The molecule has 1 aromatic carbocycles. The van der Waals surface area contributed by atoms with Crippen molar-refractivity contribution < 1.29 is 9.21 Å². The number of aromatic nitrogens is 1. The molecule has 0 atom stereocenters. The Labute approximate surface area is 98.1 Å². The van der Waals surface area contributed by atoms with Crippen molar-refractivity contribution in [3.05, 3.63) is 41.2 Å². The van der Waals surface area contributed by atoms with Crippen LogP contribution in [-0.2, 0) is 11.2 Å². The molecule has 82 valence electrons. The molecule has 16 heavy (non-hydrogen) atoms. The minimum absolute atomic E-state index is 0.0657. The molecule has 0 saturated heterocycles. The molecular weight excluding hydrogens is 226 g/mol. The van der Waals surface area contributed by atoms with Crippen LogP contribution in [-0.4, -0.2) is 10.8 Å². The Kier molecular flexibility index (Phi) is 3.06. The monoisotopic (exact) mass is 235 g/mol. The number of ketones is 1. The van der Waals surface area contributed by atoms with Crippen molar-refractivity contribution in [2.45, 2.75) is 13.3 Å². The lowest BCUT2D eigenvalue weighted by Crippen LogP contribution is -1.95. The predicted octanol–water partition coefficient (Wildman–Crippen LogP) is 3.13. The van der Waals surface area contributed by atoms with E-state index in [0.717, 1.165) is 5.56 Å². The summed E-state index contributed by atoms with van der Waals surface area (Å²) >= 11 is 5.78. The van der Waals surface area contributed by atoms with Crippen LogP contribution in [0.4, 0.5) is 0 Å². The second-order valence-electron chi connectivity index (χ2n) is 3.53. The van der Waals surface area contributed by atoms with Crippen molar-refractivity contribution in [2.75, 3.05) is 0 Å². The molecule has 0 bridgehead atoms. The van der Waals surface area contributed by atoms with Crippen molar-refractivity contribution in [1.82, 2.24) is 4.98 Å². The number of hydrogen-bond donors (Lipinski definition) is 0. The van der Waals surface area contributed by atoms with Crippen LogP contribution in [0.2, 0.25) is 5.02 Å². The van der Waals surface area contributed by atoms with Gasteiger partial charge in [-0.1, -0.05) is 11.6 Å². The molecule has 0 saturated carbocycles. The number of oxazole rings is 1. The van der Waals surface area contributed by atoms with Crippen molar-refractivity contribution in [3.8, 4) is 11.5 Å². The fourth-order valence-electron chi connectivity index (χ4n) is 1.37. The summed E-state index contributed by atoms with van der Waals surface area (Å²) in [6.45, 7) is 1.52. The van der Waals surface area contributed by atoms with Crippen molar-refractivity contribution >= 4 is 17.4 Å². The number of benzene rings is 1. The lowest BCUT2D eigenvalue weighted by molar-refractivity contribution is -0.116. The van der Waals surface area contributed by atoms with E-state index < -0.39 is 0 Å². The molecule has 0 amide bonds. The normalized spacial score (nSPS) is 10.4. The number of carbonyl (C=O) groups excluding carboxylic acids is 1. The van der Waals surface area contributed by atoms with Gasteiger partial charge in [-0.25, -0.2) is 4.98 Å². The zero-order valence-corrected chi connectivity index (χ0v) is 9.49. The van der Waals surface area contributed by atoms with Crippen LogP contribution in [0.5, 0.6) is 0 Å². The molecule has 0 N–H and O–H groups in total. The number of carbonyl (C=O) groups is 1. The number of nitrogens with zero attached hydrogens (tertiary/aromatic N) is 1. The quantitative estimate of drug-likeness (QED) is 0.821. The molecule has 3 nitrogen and oxygen atoms in total. The first-order chi connectivity index (χ1) is 7.65. The van der Waals surface area contributed by atoms with Gasteiger partial charge in [-0.05, 0) is 31.2 Å². The second kappa shape index (κ2) is 4.49. The zero-order chi connectivity index (χ0) is 11.5. The van der Waals surface area contributed by atoms with Crippen LogP contribution < -0.4 is 0 Å². The first kappa shape index (κ1) is 10.9. The van der Waals surface area contributed by atoms with E-state index in [1.165, 1.54) is 13.2 Å². The summed E-state index contributed by atoms with van der Waals surface area (Å²) in [4.78, 5) is 15.1. The first-order valence-electron chi connectivity index (χ1n) is 4.85. The number of hydrogen-bond acceptors (Lipinski definition) is 3. The van der Waals surface area contributed by atoms with Crippen molar-refractivity contribution in [3.63, 3.8) is 0 Å². The van der Waals surface area contributed by atoms with E-state index in [1.54, 1.807) is 12.1 Å². The number of rotatable bonds is 3. The molecule has 2 rings (SSSR count). The highest BCUT2D eigenvalue weighted by Crippen LogP contribution is 2.20. The van der Waals surface area contributed by atoms with Gasteiger partial charge in [0.05, 0.1) is 12.1 Å². The fraction of sp³-hybridized carbons (Fsp3) is 0.167. The van der Waals surface area contributed by atoms with Gasteiger partial charge in [-0.2, -0.15) is 0 Å². The zero-order valence-electron chi connectivity index (χ0n) is 8.74. The molecule has 2 aromatic rings. The molecule has 0 spiro atoms. The van der Waals surface area contributed by atoms with E-state index in [1.807, 2.05) is 12.1 Å². The standard InChI is InChI=1S/C12H10ClNO2/c1-8(15)6-11-7-16-12(14-11)9-2-4-10(13)5-3-9/h2-5,7H,6H2,1H3. The van der Waals surface area contributed by atoms with Gasteiger partial charge in [0.1, 0.15) is 12.0 Å². The van der Waals surface area contributed by atoms with Crippen LogP contribution in [0.1, 0.15) is 12.6 Å². The Hall–Kier alpha value is -1.61. The minimum atomic E-state index is 0.0657. The number of halogens is 1. The second-order valence-corrected chi connectivity index (χ2v) is 3.97. The maximum absolute atomic E-state index is 10.9. The average Bonchev–Trinajstić information content (AvgIpc) is 2.66. The minimum Gasteiger partial charge on any atom is -0.444 e.